The van der Waals surface area contributed by atoms with Gasteiger partial charge in [0.2, 0.25) is 0 Å². The first kappa shape index (κ1) is 31.6. The fourth-order valence-electron chi connectivity index (χ4n) is 11.9. The van der Waals surface area contributed by atoms with Crippen molar-refractivity contribution in [3.63, 3.8) is 0 Å². The van der Waals surface area contributed by atoms with Crippen molar-refractivity contribution in [2.24, 2.45) is 50.2 Å². The number of para-hydroxylation sites is 1. The maximum absolute atomic E-state index is 11.1. The minimum atomic E-state index is -0.396. The van der Waals surface area contributed by atoms with Crippen molar-refractivity contribution in [2.45, 2.75) is 125 Å². The van der Waals surface area contributed by atoms with Crippen LogP contribution in [0.25, 0.3) is 0 Å². The van der Waals surface area contributed by atoms with Crippen molar-refractivity contribution in [1.82, 2.24) is 0 Å². The monoisotopic (exact) mass is 592 g/mol. The van der Waals surface area contributed by atoms with Gasteiger partial charge in [-0.2, -0.15) is 0 Å². The Bertz CT molecular complexity index is 1190. The molecule has 43 heavy (non-hydrogen) atoms. The molecule has 1 aromatic rings. The summed E-state index contributed by atoms with van der Waals surface area (Å²) in [6, 6.07) is 10.1. The molecule has 2 unspecified atom stereocenters. The van der Waals surface area contributed by atoms with E-state index in [1.54, 1.807) is 5.57 Å². The van der Waals surface area contributed by atoms with Gasteiger partial charge in [-0.1, -0.05) is 78.3 Å². The summed E-state index contributed by atoms with van der Waals surface area (Å²) in [5, 5.41) is 21.6. The molecule has 0 bridgehead atoms. The topological polar surface area (TPSA) is 58.9 Å². The van der Waals surface area contributed by atoms with Gasteiger partial charge in [0.25, 0.3) is 0 Å². The summed E-state index contributed by atoms with van der Waals surface area (Å²) in [6.45, 7) is 19.0. The number of benzene rings is 1. The SMILES string of the molecule is CC1(C)C[C@@H](OCCCOc2ccccc2)[C@]2(C)CC[C@]3(C)C(=CCC4[C@@]5(C)CC[C@H](O)[C@](C)(CO)C5CC[C@]43C)[C@@H]2C1. The molecule has 4 saturated carbocycles. The predicted molar refractivity (Wildman–Crippen MR) is 174 cm³/mol. The third-order valence-electron chi connectivity index (χ3n) is 14.8. The first-order chi connectivity index (χ1) is 20.2. The van der Waals surface area contributed by atoms with Crippen LogP contribution in [0.4, 0.5) is 0 Å². The van der Waals surface area contributed by atoms with E-state index in [-0.39, 0.29) is 39.8 Å². The summed E-state index contributed by atoms with van der Waals surface area (Å²) >= 11 is 0. The van der Waals surface area contributed by atoms with Crippen molar-refractivity contribution in [1.29, 1.82) is 0 Å². The van der Waals surface area contributed by atoms with Gasteiger partial charge >= 0.3 is 0 Å². The smallest absolute Gasteiger partial charge is 0.119 e. The number of allylic oxidation sites excluding steroid dienone is 2. The molecular weight excluding hydrogens is 532 g/mol. The van der Waals surface area contributed by atoms with E-state index in [0.29, 0.717) is 24.4 Å². The van der Waals surface area contributed by atoms with Crippen LogP contribution in [-0.2, 0) is 4.74 Å². The highest BCUT2D eigenvalue weighted by atomic mass is 16.5. The highest BCUT2D eigenvalue weighted by Crippen LogP contribution is 2.75. The molecule has 4 heteroatoms. The molecule has 10 atom stereocenters. The Morgan fingerprint density at radius 1 is 0.814 bits per heavy atom. The predicted octanol–water partition coefficient (Wildman–Crippen LogP) is 8.61. The molecule has 5 aliphatic carbocycles. The molecule has 5 aliphatic rings. The van der Waals surface area contributed by atoms with E-state index in [4.69, 9.17) is 9.47 Å². The van der Waals surface area contributed by atoms with Gasteiger partial charge in [-0.25, -0.2) is 0 Å². The number of rotatable bonds is 7. The minimum Gasteiger partial charge on any atom is -0.494 e. The quantitative estimate of drug-likeness (QED) is 0.246. The molecule has 4 fully saturated rings. The number of aliphatic hydroxyl groups is 2. The number of fused-ring (bicyclic) bond motifs is 7. The third kappa shape index (κ3) is 4.78. The highest BCUT2D eigenvalue weighted by Gasteiger charge is 2.69. The van der Waals surface area contributed by atoms with E-state index in [1.807, 2.05) is 30.3 Å². The summed E-state index contributed by atoms with van der Waals surface area (Å²) in [5.41, 5.74) is 2.32. The molecule has 4 nitrogen and oxygen atoms in total. The molecule has 0 aromatic heterocycles. The summed E-state index contributed by atoms with van der Waals surface area (Å²) < 4.78 is 12.8. The van der Waals surface area contributed by atoms with Crippen LogP contribution < -0.4 is 4.74 Å². The molecule has 0 heterocycles. The van der Waals surface area contributed by atoms with Gasteiger partial charge in [0.1, 0.15) is 5.75 Å². The zero-order chi connectivity index (χ0) is 30.9. The highest BCUT2D eigenvalue weighted by molar-refractivity contribution is 5.34. The van der Waals surface area contributed by atoms with Crippen LogP contribution in [0.5, 0.6) is 5.75 Å². The van der Waals surface area contributed by atoms with E-state index < -0.39 is 11.5 Å². The van der Waals surface area contributed by atoms with Crippen LogP contribution in [0, 0.1) is 50.2 Å². The molecule has 2 N–H and O–H groups in total. The van der Waals surface area contributed by atoms with Crippen molar-refractivity contribution < 1.29 is 19.7 Å². The molecule has 0 aliphatic heterocycles. The van der Waals surface area contributed by atoms with Crippen LogP contribution in [0.2, 0.25) is 0 Å². The van der Waals surface area contributed by atoms with Crippen LogP contribution >= 0.6 is 0 Å². The average Bonchev–Trinajstić information content (AvgIpc) is 2.97. The maximum Gasteiger partial charge on any atom is 0.119 e. The maximum atomic E-state index is 11.1. The van der Waals surface area contributed by atoms with E-state index in [1.165, 1.54) is 25.7 Å². The first-order valence-corrected chi connectivity index (χ1v) is 17.5. The van der Waals surface area contributed by atoms with Crippen molar-refractivity contribution >= 4 is 0 Å². The zero-order valence-electron chi connectivity index (χ0n) is 28.3. The van der Waals surface area contributed by atoms with Crippen molar-refractivity contribution in [2.75, 3.05) is 19.8 Å². The molecule has 0 saturated heterocycles. The van der Waals surface area contributed by atoms with Gasteiger partial charge < -0.3 is 19.7 Å². The standard InChI is InChI=1S/C39H60O4/c1-34(2)24-29-28-14-15-31-36(4)18-17-32(41)37(5,26-40)30(36)16-19-39(31,7)38(28,6)21-20-35(29,3)33(25-34)43-23-11-22-42-27-12-9-8-10-13-27/h8-10,12-14,29-33,40-41H,11,15-26H2,1-7H3/t29-,30?,31?,32-,33+,35+,36-,37+,38+,39+/m0/s1. The Labute approximate surface area is 262 Å². The first-order valence-electron chi connectivity index (χ1n) is 17.5. The Kier molecular flexibility index (Phi) is 7.99. The number of aliphatic hydroxyl groups excluding tert-OH is 2. The van der Waals surface area contributed by atoms with Crippen LogP contribution in [0.1, 0.15) is 113 Å². The Morgan fingerprint density at radius 3 is 2.28 bits per heavy atom. The Balaban J connectivity index is 1.24. The Morgan fingerprint density at radius 2 is 1.56 bits per heavy atom. The number of hydrogen-bond donors (Lipinski definition) is 2. The molecule has 240 valence electrons. The van der Waals surface area contributed by atoms with Gasteiger partial charge in [-0.3, -0.25) is 0 Å². The van der Waals surface area contributed by atoms with Crippen molar-refractivity contribution in [3.8, 4) is 5.75 Å². The third-order valence-corrected chi connectivity index (χ3v) is 14.8. The second-order valence-corrected chi connectivity index (χ2v) is 17.5. The van der Waals surface area contributed by atoms with Gasteiger partial charge in [0, 0.05) is 17.3 Å². The molecule has 0 spiro atoms. The van der Waals surface area contributed by atoms with Gasteiger partial charge in [0.05, 0.1) is 32.0 Å². The summed E-state index contributed by atoms with van der Waals surface area (Å²) in [5.74, 6) is 2.45. The lowest BCUT2D eigenvalue weighted by Gasteiger charge is -2.71. The van der Waals surface area contributed by atoms with Crippen molar-refractivity contribution in [3.05, 3.63) is 42.0 Å². The van der Waals surface area contributed by atoms with E-state index >= 15 is 0 Å². The van der Waals surface area contributed by atoms with Gasteiger partial charge in [0.15, 0.2) is 0 Å². The fourth-order valence-corrected chi connectivity index (χ4v) is 11.9. The van der Waals surface area contributed by atoms with E-state index in [2.05, 4.69) is 54.5 Å². The molecule has 0 amide bonds. The van der Waals surface area contributed by atoms with Crippen LogP contribution in [0.3, 0.4) is 0 Å². The molecule has 1 aromatic carbocycles. The van der Waals surface area contributed by atoms with Gasteiger partial charge in [-0.05, 0) is 109 Å². The summed E-state index contributed by atoms with van der Waals surface area (Å²) in [4.78, 5) is 0. The van der Waals surface area contributed by atoms with E-state index in [0.717, 1.165) is 50.9 Å². The molecular formula is C39H60O4. The second-order valence-electron chi connectivity index (χ2n) is 17.5. The largest absolute Gasteiger partial charge is 0.494 e. The normalized spacial score (nSPS) is 46.9. The van der Waals surface area contributed by atoms with Crippen LogP contribution in [0.15, 0.2) is 42.0 Å². The molecule has 6 rings (SSSR count). The van der Waals surface area contributed by atoms with Gasteiger partial charge in [-0.15, -0.1) is 0 Å². The minimum absolute atomic E-state index is 0.0888. The second kappa shape index (κ2) is 10.9. The fraction of sp³-hybridized carbons (Fsp3) is 0.795. The number of hydrogen-bond acceptors (Lipinski definition) is 4. The van der Waals surface area contributed by atoms with E-state index in [9.17, 15) is 10.2 Å². The summed E-state index contributed by atoms with van der Waals surface area (Å²) in [7, 11) is 0. The Hall–Kier alpha value is -1.36. The lowest BCUT2D eigenvalue weighted by atomic mass is 9.33. The average molecular weight is 593 g/mol. The molecule has 0 radical (unpaired) electrons. The lowest BCUT2D eigenvalue weighted by molar-refractivity contribution is -0.220. The van der Waals surface area contributed by atoms with Crippen LogP contribution in [-0.4, -0.2) is 42.2 Å². The summed E-state index contributed by atoms with van der Waals surface area (Å²) in [6.07, 6.45) is 13.7. The zero-order valence-corrected chi connectivity index (χ0v) is 28.3. The lowest BCUT2D eigenvalue weighted by Crippen LogP contribution is -2.66. The number of ether oxygens (including phenoxy) is 2.